The predicted octanol–water partition coefficient (Wildman–Crippen LogP) is 5.68. The zero-order valence-corrected chi connectivity index (χ0v) is 20.5. The number of imidazole rings is 1. The van der Waals surface area contributed by atoms with E-state index in [1.807, 2.05) is 12.1 Å². The summed E-state index contributed by atoms with van der Waals surface area (Å²) in [5.74, 6) is -1.59. The third-order valence-electron chi connectivity index (χ3n) is 6.93. The summed E-state index contributed by atoms with van der Waals surface area (Å²) < 4.78 is 54.2. The molecular formula is C27H27F4N5O. The highest BCUT2D eigenvalue weighted by Gasteiger charge is 2.35. The van der Waals surface area contributed by atoms with Crippen LogP contribution in [0.15, 0.2) is 42.6 Å². The Kier molecular flexibility index (Phi) is 6.53. The third-order valence-corrected chi connectivity index (χ3v) is 6.93. The number of halogens is 4. The normalized spacial score (nSPS) is 18.1. The molecule has 0 saturated carbocycles. The van der Waals surface area contributed by atoms with E-state index in [9.17, 15) is 22.4 Å². The van der Waals surface area contributed by atoms with E-state index in [2.05, 4.69) is 32.4 Å². The Labute approximate surface area is 211 Å². The number of alkyl halides is 3. The summed E-state index contributed by atoms with van der Waals surface area (Å²) in [6, 6.07) is 8.49. The third kappa shape index (κ3) is 4.98. The van der Waals surface area contributed by atoms with Crippen molar-refractivity contribution in [2.75, 3.05) is 30.3 Å². The second kappa shape index (κ2) is 9.66. The number of aryl methyl sites for hydroxylation is 1. The fourth-order valence-corrected chi connectivity index (χ4v) is 4.98. The first-order chi connectivity index (χ1) is 17.6. The summed E-state index contributed by atoms with van der Waals surface area (Å²) in [4.78, 5) is 23.0. The topological polar surface area (TPSA) is 73.0 Å². The number of rotatable bonds is 5. The maximum absolute atomic E-state index is 14.6. The minimum Gasteiger partial charge on any atom is -0.382 e. The summed E-state index contributed by atoms with van der Waals surface area (Å²) >= 11 is 0. The van der Waals surface area contributed by atoms with Crippen LogP contribution in [0.1, 0.15) is 48.0 Å². The number of aromatic nitrogens is 2. The number of piperidine rings is 1. The molecule has 3 aromatic rings. The molecule has 0 spiro atoms. The van der Waals surface area contributed by atoms with Crippen LogP contribution >= 0.6 is 0 Å². The van der Waals surface area contributed by atoms with Gasteiger partial charge in [0.2, 0.25) is 0 Å². The molecule has 1 fully saturated rings. The first-order valence-corrected chi connectivity index (χ1v) is 12.2. The van der Waals surface area contributed by atoms with Gasteiger partial charge in [-0.3, -0.25) is 4.79 Å². The number of hydrogen-bond donors (Lipinski definition) is 3. The van der Waals surface area contributed by atoms with Gasteiger partial charge in [0.15, 0.2) is 0 Å². The molecule has 0 unspecified atom stereocenters. The average molecular weight is 514 g/mol. The second-order valence-electron chi connectivity index (χ2n) is 9.40. The number of aromatic amines is 1. The molecule has 10 heteroatoms. The number of amides is 1. The van der Waals surface area contributed by atoms with Gasteiger partial charge in [0.1, 0.15) is 11.6 Å². The molecule has 1 aromatic heterocycles. The van der Waals surface area contributed by atoms with Crippen LogP contribution in [0.5, 0.6) is 0 Å². The Hall–Kier alpha value is -3.66. The van der Waals surface area contributed by atoms with Gasteiger partial charge in [0.05, 0.1) is 16.8 Å². The summed E-state index contributed by atoms with van der Waals surface area (Å²) in [5, 5.41) is 6.37. The van der Waals surface area contributed by atoms with Gasteiger partial charge in [-0.25, -0.2) is 9.37 Å². The molecule has 2 aliphatic heterocycles. The first kappa shape index (κ1) is 25.0. The zero-order valence-electron chi connectivity index (χ0n) is 20.5. The summed E-state index contributed by atoms with van der Waals surface area (Å²) in [5.41, 5.74) is 1.78. The van der Waals surface area contributed by atoms with Gasteiger partial charge in [0, 0.05) is 47.8 Å². The van der Waals surface area contributed by atoms with E-state index in [1.165, 1.54) is 6.07 Å². The van der Waals surface area contributed by atoms with E-state index in [0.29, 0.717) is 23.0 Å². The molecule has 0 atom stereocenters. The van der Waals surface area contributed by atoms with E-state index in [1.54, 1.807) is 19.2 Å². The lowest BCUT2D eigenvalue weighted by Gasteiger charge is -2.32. The first-order valence-electron chi connectivity index (χ1n) is 12.2. The number of carbonyl (C=O) groups excluding carboxylic acids is 1. The molecule has 1 saturated heterocycles. The highest BCUT2D eigenvalue weighted by Crippen LogP contribution is 2.42. The monoisotopic (exact) mass is 513 g/mol. The molecule has 5 rings (SSSR count). The number of fused-ring (bicyclic) bond motifs is 1. The lowest BCUT2D eigenvalue weighted by atomic mass is 9.93. The van der Waals surface area contributed by atoms with Crippen molar-refractivity contribution in [3.8, 4) is 0 Å². The average Bonchev–Trinajstić information content (AvgIpc) is 3.42. The molecule has 0 radical (unpaired) electrons. The Balaban J connectivity index is 1.59. The van der Waals surface area contributed by atoms with Crippen LogP contribution in [0, 0.1) is 12.7 Å². The molecule has 37 heavy (non-hydrogen) atoms. The lowest BCUT2D eigenvalue weighted by molar-refractivity contribution is -0.140. The van der Waals surface area contributed by atoms with Gasteiger partial charge in [0.25, 0.3) is 5.91 Å². The molecule has 1 amide bonds. The van der Waals surface area contributed by atoms with E-state index < -0.39 is 23.5 Å². The zero-order chi connectivity index (χ0) is 26.3. The molecule has 3 N–H and O–H groups in total. The van der Waals surface area contributed by atoms with Gasteiger partial charge in [-0.05, 0) is 62.2 Å². The Morgan fingerprint density at radius 3 is 2.54 bits per heavy atom. The van der Waals surface area contributed by atoms with Crippen molar-refractivity contribution in [1.82, 2.24) is 14.9 Å². The van der Waals surface area contributed by atoms with Crippen molar-refractivity contribution in [2.45, 2.75) is 38.9 Å². The van der Waals surface area contributed by atoms with E-state index in [-0.39, 0.29) is 28.6 Å². The molecule has 194 valence electrons. The summed E-state index contributed by atoms with van der Waals surface area (Å²) in [6.45, 7) is 6.92. The number of likely N-dealkylation sites (tertiary alicyclic amines) is 1. The van der Waals surface area contributed by atoms with Crippen molar-refractivity contribution in [3.05, 3.63) is 76.6 Å². The van der Waals surface area contributed by atoms with Gasteiger partial charge in [-0.1, -0.05) is 13.0 Å². The SMILES string of the molecule is CCN1CCC(Nc2ccc3c(c2)C(=C(c2ccc(C(F)(F)F)c(F)c2)c2nc(C)c[nH]2)C(=O)N3)CC1. The van der Waals surface area contributed by atoms with Crippen LogP contribution in [0.2, 0.25) is 0 Å². The number of benzene rings is 2. The minimum absolute atomic E-state index is 0.114. The fraction of sp³-hybridized carbons (Fsp3) is 0.333. The van der Waals surface area contributed by atoms with Crippen molar-refractivity contribution in [1.29, 1.82) is 0 Å². The second-order valence-corrected chi connectivity index (χ2v) is 9.40. The van der Waals surface area contributed by atoms with Gasteiger partial charge in [-0.2, -0.15) is 13.2 Å². The van der Waals surface area contributed by atoms with Gasteiger partial charge >= 0.3 is 6.18 Å². The van der Waals surface area contributed by atoms with E-state index >= 15 is 0 Å². The minimum atomic E-state index is -4.83. The number of nitrogens with one attached hydrogen (secondary N) is 3. The van der Waals surface area contributed by atoms with Crippen LogP contribution in [0.25, 0.3) is 11.1 Å². The van der Waals surface area contributed by atoms with Gasteiger partial charge in [-0.15, -0.1) is 0 Å². The summed E-state index contributed by atoms with van der Waals surface area (Å²) in [6.07, 6.45) is -1.23. The van der Waals surface area contributed by atoms with Gasteiger partial charge < -0.3 is 20.5 Å². The highest BCUT2D eigenvalue weighted by molar-refractivity contribution is 6.38. The lowest BCUT2D eigenvalue weighted by Crippen LogP contribution is -2.38. The number of nitrogens with zero attached hydrogens (tertiary/aromatic N) is 2. The van der Waals surface area contributed by atoms with Crippen LogP contribution in [0.3, 0.4) is 0 Å². The molecule has 0 aliphatic carbocycles. The molecule has 0 bridgehead atoms. The molecule has 2 aliphatic rings. The fourth-order valence-electron chi connectivity index (χ4n) is 4.98. The van der Waals surface area contributed by atoms with Crippen molar-refractivity contribution in [3.63, 3.8) is 0 Å². The quantitative estimate of drug-likeness (QED) is 0.303. The van der Waals surface area contributed by atoms with E-state index in [4.69, 9.17) is 0 Å². The van der Waals surface area contributed by atoms with E-state index in [0.717, 1.165) is 44.2 Å². The predicted molar refractivity (Wildman–Crippen MR) is 134 cm³/mol. The number of anilines is 2. The maximum atomic E-state index is 14.6. The maximum Gasteiger partial charge on any atom is 0.419 e. The van der Waals surface area contributed by atoms with Crippen LogP contribution in [-0.2, 0) is 11.0 Å². The van der Waals surface area contributed by atoms with Crippen molar-refractivity contribution >= 4 is 28.4 Å². The Morgan fingerprint density at radius 1 is 1.16 bits per heavy atom. The largest absolute Gasteiger partial charge is 0.419 e. The number of hydrogen-bond acceptors (Lipinski definition) is 4. The molecule has 6 nitrogen and oxygen atoms in total. The van der Waals surface area contributed by atoms with Crippen molar-refractivity contribution in [2.24, 2.45) is 0 Å². The molecule has 2 aromatic carbocycles. The standard InChI is InChI=1S/C27H27F4N5O/c1-3-36-10-8-17(9-11-36)34-18-5-7-22-19(13-18)24(26(37)35-22)23(25-32-14-15(2)33-25)16-4-6-20(21(28)12-16)27(29,30)31/h4-7,12-14,17,34H,3,8-11H2,1-2H3,(H,32,33)(H,35,37). The molecule has 3 heterocycles. The Bertz CT molecular complexity index is 1370. The van der Waals surface area contributed by atoms with Crippen LogP contribution in [0.4, 0.5) is 28.9 Å². The van der Waals surface area contributed by atoms with Crippen LogP contribution in [-0.4, -0.2) is 46.5 Å². The van der Waals surface area contributed by atoms with Crippen LogP contribution < -0.4 is 10.6 Å². The smallest absolute Gasteiger partial charge is 0.382 e. The number of carbonyl (C=O) groups is 1. The van der Waals surface area contributed by atoms with Crippen molar-refractivity contribution < 1.29 is 22.4 Å². The number of H-pyrrole nitrogens is 1. The summed E-state index contributed by atoms with van der Waals surface area (Å²) in [7, 11) is 0. The molecular weight excluding hydrogens is 486 g/mol. The highest BCUT2D eigenvalue weighted by atomic mass is 19.4. The Morgan fingerprint density at radius 2 is 1.92 bits per heavy atom.